The maximum absolute atomic E-state index is 13.5. The normalized spacial score (nSPS) is 11.7. The molecule has 1 N–H and O–H groups in total. The van der Waals surface area contributed by atoms with Gasteiger partial charge in [-0.1, -0.05) is 32.9 Å². The number of nitrogens with one attached hydrogen (secondary N) is 1. The second-order valence-electron chi connectivity index (χ2n) is 7.23. The number of benzene rings is 1. The maximum atomic E-state index is 13.5. The molecule has 0 radical (unpaired) electrons. The SMILES string of the molecule is CCCNC(=O)CN(c1ccc(C(C)C)cc1)S(=O)(=O)c1c(C)nn(C)c1C. The van der Waals surface area contributed by atoms with Crippen molar-refractivity contribution in [1.82, 2.24) is 15.1 Å². The van der Waals surface area contributed by atoms with Crippen molar-refractivity contribution in [2.75, 3.05) is 17.4 Å². The van der Waals surface area contributed by atoms with E-state index in [2.05, 4.69) is 24.3 Å². The number of sulfonamides is 1. The zero-order valence-corrected chi connectivity index (χ0v) is 18.3. The van der Waals surface area contributed by atoms with Crippen LogP contribution in [0.25, 0.3) is 0 Å². The Labute approximate surface area is 167 Å². The molecule has 154 valence electrons. The monoisotopic (exact) mass is 406 g/mol. The van der Waals surface area contributed by atoms with Gasteiger partial charge in [-0.05, 0) is 43.9 Å². The van der Waals surface area contributed by atoms with Crippen LogP contribution in [0.15, 0.2) is 29.2 Å². The van der Waals surface area contributed by atoms with E-state index in [0.717, 1.165) is 12.0 Å². The lowest BCUT2D eigenvalue weighted by Gasteiger charge is -2.24. The van der Waals surface area contributed by atoms with E-state index in [4.69, 9.17) is 0 Å². The second-order valence-corrected chi connectivity index (χ2v) is 9.03. The van der Waals surface area contributed by atoms with Gasteiger partial charge in [0.15, 0.2) is 0 Å². The summed E-state index contributed by atoms with van der Waals surface area (Å²) in [5.41, 5.74) is 2.51. The summed E-state index contributed by atoms with van der Waals surface area (Å²) in [6.45, 7) is 9.69. The van der Waals surface area contributed by atoms with Gasteiger partial charge in [-0.2, -0.15) is 5.10 Å². The molecule has 0 atom stereocenters. The van der Waals surface area contributed by atoms with E-state index >= 15 is 0 Å². The molecule has 0 unspecified atom stereocenters. The number of amides is 1. The summed E-state index contributed by atoms with van der Waals surface area (Å²) >= 11 is 0. The Kier molecular flexibility index (Phi) is 6.87. The van der Waals surface area contributed by atoms with Crippen LogP contribution in [-0.2, 0) is 21.9 Å². The van der Waals surface area contributed by atoms with E-state index in [1.807, 2.05) is 19.1 Å². The average Bonchev–Trinajstić information content (AvgIpc) is 2.90. The van der Waals surface area contributed by atoms with Gasteiger partial charge in [0.25, 0.3) is 10.0 Å². The van der Waals surface area contributed by atoms with Gasteiger partial charge >= 0.3 is 0 Å². The number of anilines is 1. The van der Waals surface area contributed by atoms with Crippen molar-refractivity contribution in [2.45, 2.75) is 51.9 Å². The molecule has 2 rings (SSSR count). The highest BCUT2D eigenvalue weighted by atomic mass is 32.2. The molecule has 2 aromatic rings. The molecule has 0 aliphatic heterocycles. The Morgan fingerprint density at radius 1 is 1.21 bits per heavy atom. The van der Waals surface area contributed by atoms with Gasteiger partial charge < -0.3 is 5.32 Å². The summed E-state index contributed by atoms with van der Waals surface area (Å²) < 4.78 is 29.7. The minimum atomic E-state index is -3.96. The topological polar surface area (TPSA) is 84.3 Å². The predicted octanol–water partition coefficient (Wildman–Crippen LogP) is 2.88. The van der Waals surface area contributed by atoms with Crippen molar-refractivity contribution < 1.29 is 13.2 Å². The zero-order valence-electron chi connectivity index (χ0n) is 17.5. The van der Waals surface area contributed by atoms with Crippen molar-refractivity contribution >= 4 is 21.6 Å². The highest BCUT2D eigenvalue weighted by molar-refractivity contribution is 7.93. The highest BCUT2D eigenvalue weighted by Crippen LogP contribution is 2.28. The minimum absolute atomic E-state index is 0.145. The number of aryl methyl sites for hydroxylation is 2. The van der Waals surface area contributed by atoms with Crippen LogP contribution in [0.5, 0.6) is 0 Å². The van der Waals surface area contributed by atoms with Gasteiger partial charge in [0, 0.05) is 13.6 Å². The lowest BCUT2D eigenvalue weighted by Crippen LogP contribution is -2.41. The van der Waals surface area contributed by atoms with Crippen molar-refractivity contribution in [2.24, 2.45) is 7.05 Å². The Morgan fingerprint density at radius 2 is 1.82 bits per heavy atom. The highest BCUT2D eigenvalue weighted by Gasteiger charge is 2.32. The number of aromatic nitrogens is 2. The molecule has 28 heavy (non-hydrogen) atoms. The molecule has 0 bridgehead atoms. The smallest absolute Gasteiger partial charge is 0.268 e. The summed E-state index contributed by atoms with van der Waals surface area (Å²) in [6, 6.07) is 7.30. The molecule has 0 saturated carbocycles. The van der Waals surface area contributed by atoms with Crippen molar-refractivity contribution in [3.8, 4) is 0 Å². The fourth-order valence-corrected chi connectivity index (χ4v) is 4.86. The lowest BCUT2D eigenvalue weighted by atomic mass is 10.0. The molecule has 1 aromatic heterocycles. The van der Waals surface area contributed by atoms with Gasteiger partial charge in [0.2, 0.25) is 5.91 Å². The third-order valence-electron chi connectivity index (χ3n) is 4.70. The van der Waals surface area contributed by atoms with E-state index in [0.29, 0.717) is 29.5 Å². The Morgan fingerprint density at radius 3 is 2.29 bits per heavy atom. The Balaban J connectivity index is 2.52. The molecule has 0 aliphatic rings. The standard InChI is InChI=1S/C20H30N4O3S/c1-7-12-21-19(25)13-24(18-10-8-17(9-11-18)14(2)3)28(26,27)20-15(4)22-23(6)16(20)5/h8-11,14H,7,12-13H2,1-6H3,(H,21,25). The molecule has 8 heteroatoms. The summed E-state index contributed by atoms with van der Waals surface area (Å²) in [4.78, 5) is 12.5. The Hall–Kier alpha value is -2.35. The maximum Gasteiger partial charge on any atom is 0.268 e. The van der Waals surface area contributed by atoms with Crippen LogP contribution >= 0.6 is 0 Å². The fourth-order valence-electron chi connectivity index (χ4n) is 3.03. The fraction of sp³-hybridized carbons (Fsp3) is 0.500. The Bertz CT molecular complexity index is 931. The van der Waals surface area contributed by atoms with E-state index in [1.165, 1.54) is 4.31 Å². The minimum Gasteiger partial charge on any atom is -0.355 e. The third kappa shape index (κ3) is 4.55. The summed E-state index contributed by atoms with van der Waals surface area (Å²) in [5, 5.41) is 6.98. The lowest BCUT2D eigenvalue weighted by molar-refractivity contribution is -0.119. The number of rotatable bonds is 8. The van der Waals surface area contributed by atoms with Gasteiger partial charge in [-0.25, -0.2) is 8.42 Å². The van der Waals surface area contributed by atoms with Crippen molar-refractivity contribution in [3.63, 3.8) is 0 Å². The first kappa shape index (κ1) is 21.9. The number of hydrogen-bond donors (Lipinski definition) is 1. The second kappa shape index (κ2) is 8.77. The van der Waals surface area contributed by atoms with Crippen LogP contribution in [0.1, 0.15) is 50.1 Å². The first-order chi connectivity index (χ1) is 13.1. The van der Waals surface area contributed by atoms with Gasteiger partial charge in [0.1, 0.15) is 11.4 Å². The molecular formula is C20H30N4O3S. The molecular weight excluding hydrogens is 376 g/mol. The molecule has 0 aliphatic carbocycles. The first-order valence-electron chi connectivity index (χ1n) is 9.49. The van der Waals surface area contributed by atoms with Gasteiger partial charge in [-0.3, -0.25) is 13.8 Å². The van der Waals surface area contributed by atoms with Crippen LogP contribution < -0.4 is 9.62 Å². The van der Waals surface area contributed by atoms with Crippen molar-refractivity contribution in [3.05, 3.63) is 41.2 Å². The quantitative estimate of drug-likeness (QED) is 0.731. The number of hydrogen-bond acceptors (Lipinski definition) is 4. The molecule has 0 spiro atoms. The van der Waals surface area contributed by atoms with E-state index in [-0.39, 0.29) is 17.3 Å². The van der Waals surface area contributed by atoms with Crippen LogP contribution in [0.4, 0.5) is 5.69 Å². The number of carbonyl (C=O) groups excluding carboxylic acids is 1. The molecule has 1 aromatic carbocycles. The molecule has 0 fully saturated rings. The zero-order chi connectivity index (χ0) is 21.1. The van der Waals surface area contributed by atoms with E-state index in [1.54, 1.807) is 37.7 Å². The van der Waals surface area contributed by atoms with Gasteiger partial charge in [0.05, 0.1) is 17.1 Å². The van der Waals surface area contributed by atoms with Crippen LogP contribution in [0.2, 0.25) is 0 Å². The van der Waals surface area contributed by atoms with E-state index < -0.39 is 10.0 Å². The third-order valence-corrected chi connectivity index (χ3v) is 6.72. The van der Waals surface area contributed by atoms with Gasteiger partial charge in [-0.15, -0.1) is 0 Å². The van der Waals surface area contributed by atoms with Crippen LogP contribution in [-0.4, -0.2) is 37.2 Å². The molecule has 1 heterocycles. The van der Waals surface area contributed by atoms with Crippen LogP contribution in [0.3, 0.4) is 0 Å². The first-order valence-corrected chi connectivity index (χ1v) is 10.9. The molecule has 1 amide bonds. The predicted molar refractivity (Wildman–Crippen MR) is 111 cm³/mol. The van der Waals surface area contributed by atoms with Crippen molar-refractivity contribution in [1.29, 1.82) is 0 Å². The average molecular weight is 407 g/mol. The summed E-state index contributed by atoms with van der Waals surface area (Å²) in [5.74, 6) is -0.00710. The van der Waals surface area contributed by atoms with E-state index in [9.17, 15) is 13.2 Å². The summed E-state index contributed by atoms with van der Waals surface area (Å²) in [7, 11) is -2.25. The number of nitrogens with zero attached hydrogens (tertiary/aromatic N) is 3. The summed E-state index contributed by atoms with van der Waals surface area (Å²) in [6.07, 6.45) is 0.780. The largest absolute Gasteiger partial charge is 0.355 e. The molecule has 0 saturated heterocycles. The molecule has 7 nitrogen and oxygen atoms in total. The number of carbonyl (C=O) groups is 1. The van der Waals surface area contributed by atoms with Crippen LogP contribution in [0, 0.1) is 13.8 Å².